The molecule has 0 aliphatic rings. The molecule has 0 saturated carbocycles. The summed E-state index contributed by atoms with van der Waals surface area (Å²) >= 11 is 0. The van der Waals surface area contributed by atoms with Crippen molar-refractivity contribution >= 4 is 0 Å². The molecule has 0 saturated heterocycles. The second-order valence-electron chi connectivity index (χ2n) is 4.77. The monoisotopic (exact) mass is 299 g/mol. The molecule has 1 unspecified atom stereocenters. The van der Waals surface area contributed by atoms with E-state index in [1.807, 2.05) is 6.92 Å². The minimum atomic E-state index is -4.76. The topological polar surface area (TPSA) is 53.1 Å². The van der Waals surface area contributed by atoms with Crippen molar-refractivity contribution in [1.82, 2.24) is 9.78 Å². The van der Waals surface area contributed by atoms with Crippen molar-refractivity contribution in [3.05, 3.63) is 46.8 Å². The molecule has 7 heteroatoms. The van der Waals surface area contributed by atoms with Gasteiger partial charge < -0.3 is 10.5 Å². The van der Waals surface area contributed by atoms with Gasteiger partial charge in [-0.15, -0.1) is 13.2 Å². The van der Waals surface area contributed by atoms with Crippen LogP contribution in [0.4, 0.5) is 13.2 Å². The maximum atomic E-state index is 12.5. The Labute approximate surface area is 120 Å². The van der Waals surface area contributed by atoms with Crippen LogP contribution in [-0.2, 0) is 7.05 Å². The molecule has 21 heavy (non-hydrogen) atoms. The minimum Gasteiger partial charge on any atom is -0.405 e. The lowest BCUT2D eigenvalue weighted by Crippen LogP contribution is -2.21. The highest BCUT2D eigenvalue weighted by molar-refractivity contribution is 5.43. The molecule has 2 aromatic rings. The van der Waals surface area contributed by atoms with Gasteiger partial charge in [-0.05, 0) is 19.9 Å². The van der Waals surface area contributed by atoms with Gasteiger partial charge in [-0.3, -0.25) is 4.68 Å². The fraction of sp³-hybridized carbons (Fsp3) is 0.357. The Balaban J connectivity index is 2.46. The molecule has 2 N–H and O–H groups in total. The summed E-state index contributed by atoms with van der Waals surface area (Å²) in [5, 5.41) is 4.24. The first-order chi connectivity index (χ1) is 9.70. The van der Waals surface area contributed by atoms with E-state index in [9.17, 15) is 13.2 Å². The summed E-state index contributed by atoms with van der Waals surface area (Å²) in [5.74, 6) is -0.292. The fourth-order valence-electron chi connectivity index (χ4n) is 2.35. The number of nitrogens with two attached hydrogens (primary N) is 1. The van der Waals surface area contributed by atoms with Crippen LogP contribution in [0.25, 0.3) is 0 Å². The summed E-state index contributed by atoms with van der Waals surface area (Å²) < 4.78 is 43.1. The molecule has 4 nitrogen and oxygen atoms in total. The summed E-state index contributed by atoms with van der Waals surface area (Å²) in [5.41, 5.74) is 8.62. The Bertz CT molecular complexity index is 649. The highest BCUT2D eigenvalue weighted by Gasteiger charge is 2.33. The van der Waals surface area contributed by atoms with Gasteiger partial charge in [-0.1, -0.05) is 18.2 Å². The predicted octanol–water partition coefficient (Wildman–Crippen LogP) is 2.98. The second-order valence-corrected chi connectivity index (χ2v) is 4.77. The summed E-state index contributed by atoms with van der Waals surface area (Å²) in [6.07, 6.45) is -4.76. The quantitative estimate of drug-likeness (QED) is 0.948. The van der Waals surface area contributed by atoms with Gasteiger partial charge >= 0.3 is 6.36 Å². The van der Waals surface area contributed by atoms with E-state index in [-0.39, 0.29) is 11.3 Å². The Morgan fingerprint density at radius 2 is 1.86 bits per heavy atom. The number of hydrogen-bond donors (Lipinski definition) is 1. The van der Waals surface area contributed by atoms with Gasteiger partial charge in [0, 0.05) is 23.9 Å². The molecule has 0 bridgehead atoms. The molecule has 0 aliphatic heterocycles. The van der Waals surface area contributed by atoms with E-state index in [1.165, 1.54) is 18.2 Å². The average molecular weight is 299 g/mol. The third kappa shape index (κ3) is 3.18. The van der Waals surface area contributed by atoms with Crippen molar-refractivity contribution < 1.29 is 17.9 Å². The molecule has 1 aromatic heterocycles. The molecule has 0 fully saturated rings. The maximum absolute atomic E-state index is 12.5. The number of ether oxygens (including phenoxy) is 1. The number of aryl methyl sites for hydroxylation is 2. The van der Waals surface area contributed by atoms with Gasteiger partial charge in [0.05, 0.1) is 11.7 Å². The van der Waals surface area contributed by atoms with Crippen molar-refractivity contribution in [2.75, 3.05) is 0 Å². The van der Waals surface area contributed by atoms with Crippen molar-refractivity contribution in [1.29, 1.82) is 0 Å². The smallest absolute Gasteiger partial charge is 0.405 e. The van der Waals surface area contributed by atoms with E-state index in [4.69, 9.17) is 5.73 Å². The van der Waals surface area contributed by atoms with Crippen molar-refractivity contribution in [3.63, 3.8) is 0 Å². The van der Waals surface area contributed by atoms with Gasteiger partial charge in [0.15, 0.2) is 0 Å². The Kier molecular flexibility index (Phi) is 3.95. The summed E-state index contributed by atoms with van der Waals surface area (Å²) in [7, 11) is 1.76. The third-order valence-electron chi connectivity index (χ3n) is 3.36. The first kappa shape index (κ1) is 15.4. The predicted molar refractivity (Wildman–Crippen MR) is 71.8 cm³/mol. The van der Waals surface area contributed by atoms with Crippen LogP contribution in [0.2, 0.25) is 0 Å². The van der Waals surface area contributed by atoms with E-state index in [1.54, 1.807) is 24.7 Å². The summed E-state index contributed by atoms with van der Waals surface area (Å²) in [4.78, 5) is 0. The standard InChI is InChI=1S/C14H16F3N3O/c1-8-12(9(2)20(3)19-8)13(18)10-6-4-5-7-11(10)21-14(15,16)17/h4-7,13H,18H2,1-3H3. The molecule has 2 rings (SSSR count). The zero-order chi connectivity index (χ0) is 15.8. The van der Waals surface area contributed by atoms with Crippen LogP contribution >= 0.6 is 0 Å². The Morgan fingerprint density at radius 1 is 1.24 bits per heavy atom. The molecule has 1 heterocycles. The number of aromatic nitrogens is 2. The van der Waals surface area contributed by atoms with Crippen molar-refractivity contribution in [2.24, 2.45) is 12.8 Å². The fourth-order valence-corrected chi connectivity index (χ4v) is 2.35. The molecular weight excluding hydrogens is 283 g/mol. The lowest BCUT2D eigenvalue weighted by molar-refractivity contribution is -0.274. The zero-order valence-electron chi connectivity index (χ0n) is 11.9. The molecular formula is C14H16F3N3O. The first-order valence-corrected chi connectivity index (χ1v) is 6.31. The Hall–Kier alpha value is -2.02. The van der Waals surface area contributed by atoms with Crippen molar-refractivity contribution in [3.8, 4) is 5.75 Å². The molecule has 0 radical (unpaired) electrons. The van der Waals surface area contributed by atoms with Crippen LogP contribution in [0.5, 0.6) is 5.75 Å². The molecule has 0 aliphatic carbocycles. The highest BCUT2D eigenvalue weighted by atomic mass is 19.4. The largest absolute Gasteiger partial charge is 0.573 e. The SMILES string of the molecule is Cc1nn(C)c(C)c1C(N)c1ccccc1OC(F)(F)F. The summed E-state index contributed by atoms with van der Waals surface area (Å²) in [6.45, 7) is 3.60. The number of para-hydroxylation sites is 1. The lowest BCUT2D eigenvalue weighted by Gasteiger charge is -2.18. The normalized spacial score (nSPS) is 13.3. The molecule has 1 atom stereocenters. The van der Waals surface area contributed by atoms with E-state index < -0.39 is 12.4 Å². The van der Waals surface area contributed by atoms with E-state index in [0.29, 0.717) is 11.3 Å². The number of halogens is 3. The van der Waals surface area contributed by atoms with Crippen LogP contribution in [0.1, 0.15) is 28.6 Å². The van der Waals surface area contributed by atoms with E-state index in [0.717, 1.165) is 5.69 Å². The van der Waals surface area contributed by atoms with Crippen LogP contribution < -0.4 is 10.5 Å². The van der Waals surface area contributed by atoms with Gasteiger partial charge in [0.2, 0.25) is 0 Å². The van der Waals surface area contributed by atoms with Crippen LogP contribution in [0, 0.1) is 13.8 Å². The lowest BCUT2D eigenvalue weighted by atomic mass is 9.97. The summed E-state index contributed by atoms with van der Waals surface area (Å²) in [6, 6.07) is 5.14. The molecule has 114 valence electrons. The zero-order valence-corrected chi connectivity index (χ0v) is 11.9. The molecule has 0 spiro atoms. The van der Waals surface area contributed by atoms with Gasteiger partial charge in [-0.25, -0.2) is 0 Å². The number of benzene rings is 1. The number of nitrogens with zero attached hydrogens (tertiary/aromatic N) is 2. The van der Waals surface area contributed by atoms with Crippen LogP contribution in [0.3, 0.4) is 0 Å². The number of alkyl halides is 3. The number of hydrogen-bond acceptors (Lipinski definition) is 3. The maximum Gasteiger partial charge on any atom is 0.573 e. The van der Waals surface area contributed by atoms with Crippen LogP contribution in [0.15, 0.2) is 24.3 Å². The second kappa shape index (κ2) is 5.40. The molecule has 1 aromatic carbocycles. The molecule has 0 amide bonds. The van der Waals surface area contributed by atoms with Crippen molar-refractivity contribution in [2.45, 2.75) is 26.3 Å². The highest BCUT2D eigenvalue weighted by Crippen LogP contribution is 2.34. The van der Waals surface area contributed by atoms with Gasteiger partial charge in [0.1, 0.15) is 5.75 Å². The van der Waals surface area contributed by atoms with Gasteiger partial charge in [0.25, 0.3) is 0 Å². The third-order valence-corrected chi connectivity index (χ3v) is 3.36. The van der Waals surface area contributed by atoms with Gasteiger partial charge in [-0.2, -0.15) is 5.10 Å². The average Bonchev–Trinajstić information content (AvgIpc) is 2.61. The van der Waals surface area contributed by atoms with E-state index >= 15 is 0 Å². The van der Waals surface area contributed by atoms with Crippen LogP contribution in [-0.4, -0.2) is 16.1 Å². The minimum absolute atomic E-state index is 0.272. The number of rotatable bonds is 3. The first-order valence-electron chi connectivity index (χ1n) is 6.31. The Morgan fingerprint density at radius 3 is 2.38 bits per heavy atom. The van der Waals surface area contributed by atoms with E-state index in [2.05, 4.69) is 9.84 Å².